The summed E-state index contributed by atoms with van der Waals surface area (Å²) in [6, 6.07) is -1.20. The molecule has 540 valence electrons. The van der Waals surface area contributed by atoms with Gasteiger partial charge in [-0.25, -0.2) is 0 Å². The summed E-state index contributed by atoms with van der Waals surface area (Å²) in [6.45, 7) is 3.49. The van der Waals surface area contributed by atoms with E-state index in [1.807, 2.05) is 0 Å². The van der Waals surface area contributed by atoms with Gasteiger partial charge in [-0.15, -0.1) is 0 Å². The van der Waals surface area contributed by atoms with Crippen molar-refractivity contribution in [3.05, 3.63) is 60.8 Å². The van der Waals surface area contributed by atoms with Crippen molar-refractivity contribution in [1.29, 1.82) is 0 Å². The van der Waals surface area contributed by atoms with E-state index in [9.17, 15) is 40.5 Å². The second-order valence-corrected chi connectivity index (χ2v) is 27.8. The lowest BCUT2D eigenvalue weighted by Crippen LogP contribution is -2.60. The van der Waals surface area contributed by atoms with Gasteiger partial charge in [0, 0.05) is 0 Å². The molecule has 1 aliphatic rings. The molecule has 1 fully saturated rings. The summed E-state index contributed by atoms with van der Waals surface area (Å²) in [7, 11) is 0. The van der Waals surface area contributed by atoms with Crippen LogP contribution in [0.4, 0.5) is 0 Å². The van der Waals surface area contributed by atoms with Crippen LogP contribution < -0.4 is 5.32 Å². The number of amides is 1. The molecule has 0 saturated carbocycles. The average molecular weight is 1300 g/mol. The number of nitrogens with one attached hydrogen (secondary N) is 1. The first kappa shape index (κ1) is 87.8. The minimum absolute atomic E-state index is 0.241. The van der Waals surface area contributed by atoms with Crippen molar-refractivity contribution in [3.8, 4) is 0 Å². The standard InChI is InChI=1S/C81H151NO10/c1-3-5-7-9-11-13-15-17-19-21-23-25-27-29-31-33-35-36-37-39-41-43-45-47-49-51-53-55-57-59-61-63-65-67-69-74(85)80(90)82-72(71-91-81-79(89)78(88)77(87)75(70-83)92-81)76(86)73(84)68-66-64-62-60-58-56-54-52-50-48-46-44-42-40-38-34-32-30-28-26-24-22-20-18-16-14-12-10-8-6-4-2/h27,29,33,35,44,46,52,54,60,62,72-79,81,83-89H,3-26,28,30-32,34,36-43,45,47-51,53,55-59,61,63-71H2,1-2H3,(H,82,90)/b29-27-,35-33-,46-44+,54-52+,62-60+. The van der Waals surface area contributed by atoms with Gasteiger partial charge in [-0.3, -0.25) is 4.79 Å². The highest BCUT2D eigenvalue weighted by molar-refractivity contribution is 5.80. The lowest BCUT2D eigenvalue weighted by atomic mass is 9.98. The molecule has 1 saturated heterocycles. The summed E-state index contributed by atoms with van der Waals surface area (Å²) in [5.41, 5.74) is 0. The maximum Gasteiger partial charge on any atom is 0.249 e. The molecule has 0 radical (unpaired) electrons. The van der Waals surface area contributed by atoms with E-state index in [0.29, 0.717) is 19.3 Å². The third-order valence-electron chi connectivity index (χ3n) is 19.0. The Kier molecular flexibility index (Phi) is 65.6. The SMILES string of the molecule is CCCCCCCCCCCCC/C=C\C/C=C\CCCCCCCCCCCCCCCCCCC(O)C(=O)NC(COC1OC(CO)C(O)C(O)C1O)C(O)C(O)CCC/C=C/CC/C=C/CC/C=C/CCCCCCCCCCCCCCCCCCCC. The fourth-order valence-electron chi connectivity index (χ4n) is 12.7. The molecule has 0 aromatic rings. The summed E-state index contributed by atoms with van der Waals surface area (Å²) in [6.07, 6.45) is 81.9. The molecule has 1 aliphatic heterocycles. The highest BCUT2D eigenvalue weighted by Gasteiger charge is 2.44. The molecule has 11 nitrogen and oxygen atoms in total. The quantitative estimate of drug-likeness (QED) is 0.0215. The van der Waals surface area contributed by atoms with E-state index in [1.54, 1.807) is 0 Å². The lowest BCUT2D eigenvalue weighted by molar-refractivity contribution is -0.303. The highest BCUT2D eigenvalue weighted by atomic mass is 16.7. The maximum absolute atomic E-state index is 13.3. The van der Waals surface area contributed by atoms with Crippen LogP contribution >= 0.6 is 0 Å². The number of carbonyl (C=O) groups is 1. The van der Waals surface area contributed by atoms with Crippen molar-refractivity contribution in [2.45, 2.75) is 435 Å². The van der Waals surface area contributed by atoms with Crippen LogP contribution in [-0.2, 0) is 14.3 Å². The molecular formula is C81H151NO10. The fourth-order valence-corrected chi connectivity index (χ4v) is 12.7. The maximum atomic E-state index is 13.3. The van der Waals surface area contributed by atoms with Crippen LogP contribution in [0.25, 0.3) is 0 Å². The Hall–Kier alpha value is -2.19. The summed E-state index contributed by atoms with van der Waals surface area (Å²) < 4.78 is 11.2. The molecule has 0 aliphatic carbocycles. The molecule has 0 spiro atoms. The minimum Gasteiger partial charge on any atom is -0.394 e. The van der Waals surface area contributed by atoms with Gasteiger partial charge in [0.25, 0.3) is 0 Å². The number of carbonyl (C=O) groups excluding carboxylic acids is 1. The van der Waals surface area contributed by atoms with Crippen molar-refractivity contribution in [1.82, 2.24) is 5.32 Å². The van der Waals surface area contributed by atoms with Crippen molar-refractivity contribution in [2.24, 2.45) is 0 Å². The van der Waals surface area contributed by atoms with E-state index >= 15 is 0 Å². The smallest absolute Gasteiger partial charge is 0.249 e. The Bertz CT molecular complexity index is 1690. The predicted molar refractivity (Wildman–Crippen MR) is 390 cm³/mol. The molecule has 0 aromatic carbocycles. The van der Waals surface area contributed by atoms with Gasteiger partial charge in [0.2, 0.25) is 5.91 Å². The number of unbranched alkanes of at least 4 members (excludes halogenated alkanes) is 48. The van der Waals surface area contributed by atoms with Crippen LogP contribution in [0.15, 0.2) is 60.8 Å². The largest absolute Gasteiger partial charge is 0.394 e. The van der Waals surface area contributed by atoms with Crippen molar-refractivity contribution < 1.29 is 50.0 Å². The third-order valence-corrected chi connectivity index (χ3v) is 19.0. The van der Waals surface area contributed by atoms with Gasteiger partial charge in [-0.05, 0) is 96.3 Å². The average Bonchev–Trinajstić information content (AvgIpc) is 0.913. The molecule has 9 atom stereocenters. The van der Waals surface area contributed by atoms with E-state index in [4.69, 9.17) is 9.47 Å². The van der Waals surface area contributed by atoms with Gasteiger partial charge in [-0.2, -0.15) is 0 Å². The number of hydrogen-bond acceptors (Lipinski definition) is 10. The Morgan fingerprint density at radius 1 is 0.380 bits per heavy atom. The molecule has 0 bridgehead atoms. The summed E-state index contributed by atoms with van der Waals surface area (Å²) in [5.74, 6) is -0.708. The first-order chi connectivity index (χ1) is 45.2. The molecule has 92 heavy (non-hydrogen) atoms. The van der Waals surface area contributed by atoms with E-state index in [2.05, 4.69) is 79.9 Å². The molecule has 1 rings (SSSR count). The third kappa shape index (κ3) is 54.9. The van der Waals surface area contributed by atoms with Crippen LogP contribution in [0.2, 0.25) is 0 Å². The second-order valence-electron chi connectivity index (χ2n) is 27.8. The second kappa shape index (κ2) is 68.7. The van der Waals surface area contributed by atoms with E-state index in [1.165, 1.54) is 283 Å². The zero-order valence-electron chi connectivity index (χ0n) is 60.0. The number of allylic oxidation sites excluding steroid dienone is 10. The van der Waals surface area contributed by atoms with Crippen LogP contribution in [0.3, 0.4) is 0 Å². The Balaban J connectivity index is 2.18. The minimum atomic E-state index is -1.68. The molecule has 11 heteroatoms. The number of aliphatic hydroxyl groups excluding tert-OH is 7. The molecule has 1 amide bonds. The zero-order chi connectivity index (χ0) is 66.7. The fraction of sp³-hybridized carbons (Fsp3) is 0.864. The Morgan fingerprint density at radius 2 is 0.685 bits per heavy atom. The van der Waals surface area contributed by atoms with Crippen LogP contribution in [-0.4, -0.2) is 110 Å². The van der Waals surface area contributed by atoms with Crippen molar-refractivity contribution >= 4 is 5.91 Å². The van der Waals surface area contributed by atoms with Gasteiger partial charge < -0.3 is 50.5 Å². The topological polar surface area (TPSA) is 189 Å². The number of rotatable bonds is 70. The van der Waals surface area contributed by atoms with Crippen LogP contribution in [0.5, 0.6) is 0 Å². The lowest BCUT2D eigenvalue weighted by Gasteiger charge is -2.40. The number of hydrogen-bond donors (Lipinski definition) is 8. The summed E-state index contributed by atoms with van der Waals surface area (Å²) in [4.78, 5) is 13.3. The number of ether oxygens (including phenoxy) is 2. The van der Waals surface area contributed by atoms with E-state index < -0.39 is 74.2 Å². The normalized spacial score (nSPS) is 18.6. The van der Waals surface area contributed by atoms with Gasteiger partial charge >= 0.3 is 0 Å². The van der Waals surface area contributed by atoms with Gasteiger partial charge in [-0.1, -0.05) is 344 Å². The van der Waals surface area contributed by atoms with E-state index in [0.717, 1.165) is 51.4 Å². The monoisotopic (exact) mass is 1300 g/mol. The molecule has 8 N–H and O–H groups in total. The van der Waals surface area contributed by atoms with Crippen molar-refractivity contribution in [3.63, 3.8) is 0 Å². The zero-order valence-corrected chi connectivity index (χ0v) is 60.0. The van der Waals surface area contributed by atoms with E-state index in [-0.39, 0.29) is 12.8 Å². The van der Waals surface area contributed by atoms with Gasteiger partial charge in [0.1, 0.15) is 36.6 Å². The molecular weight excluding hydrogens is 1150 g/mol. The molecule has 1 heterocycles. The molecule has 0 aromatic heterocycles. The van der Waals surface area contributed by atoms with Gasteiger partial charge in [0.15, 0.2) is 6.29 Å². The summed E-state index contributed by atoms with van der Waals surface area (Å²) in [5, 5.41) is 76.7. The predicted octanol–water partition coefficient (Wildman–Crippen LogP) is 20.4. The highest BCUT2D eigenvalue weighted by Crippen LogP contribution is 2.24. The first-order valence-corrected chi connectivity index (χ1v) is 39.7. The Labute approximate surface area is 567 Å². The Morgan fingerprint density at radius 3 is 1.03 bits per heavy atom. The summed E-state index contributed by atoms with van der Waals surface area (Å²) >= 11 is 0. The van der Waals surface area contributed by atoms with Crippen LogP contribution in [0.1, 0.15) is 380 Å². The van der Waals surface area contributed by atoms with Crippen LogP contribution in [0, 0.1) is 0 Å². The first-order valence-electron chi connectivity index (χ1n) is 39.7. The molecule has 9 unspecified atom stereocenters. The van der Waals surface area contributed by atoms with Crippen molar-refractivity contribution in [2.75, 3.05) is 13.2 Å². The van der Waals surface area contributed by atoms with Gasteiger partial charge in [0.05, 0.1) is 25.4 Å². The number of aliphatic hydroxyl groups is 7.